The first kappa shape index (κ1) is 36.1. The molecule has 0 unspecified atom stereocenters. The van der Waals surface area contributed by atoms with Gasteiger partial charge in [-0.1, -0.05) is 49.9 Å². The summed E-state index contributed by atoms with van der Waals surface area (Å²) in [5.74, 6) is 1.92. The molecule has 0 bridgehead atoms. The van der Waals surface area contributed by atoms with Crippen LogP contribution < -0.4 is 20.9 Å². The number of rotatable bonds is 29. The zero-order chi connectivity index (χ0) is 29.8. The number of aryl methyl sites for hydroxylation is 2. The van der Waals surface area contributed by atoms with Gasteiger partial charge in [-0.25, -0.2) is 0 Å². The smallest absolute Gasteiger partial charge is 0.119 e. The van der Waals surface area contributed by atoms with Crippen LogP contribution in [0.5, 0.6) is 11.5 Å². The van der Waals surface area contributed by atoms with Gasteiger partial charge < -0.3 is 30.4 Å². The Labute approximate surface area is 256 Å². The van der Waals surface area contributed by atoms with E-state index in [4.69, 9.17) is 30.4 Å². The Balaban J connectivity index is 1.39. The molecule has 2 aromatic carbocycles. The van der Waals surface area contributed by atoms with Gasteiger partial charge in [0.2, 0.25) is 0 Å². The van der Waals surface area contributed by atoms with E-state index in [1.165, 1.54) is 36.8 Å². The van der Waals surface area contributed by atoms with Gasteiger partial charge in [-0.15, -0.1) is 0 Å². The molecule has 0 atom stereocenters. The van der Waals surface area contributed by atoms with Gasteiger partial charge in [0.25, 0.3) is 0 Å². The van der Waals surface area contributed by atoms with Gasteiger partial charge in [-0.05, 0) is 126 Å². The van der Waals surface area contributed by atoms with Gasteiger partial charge in [0.1, 0.15) is 11.5 Å². The fraction of sp³-hybridized carbons (Fsp3) is 0.667. The van der Waals surface area contributed by atoms with Crippen LogP contribution in [0.2, 0.25) is 0 Å². The van der Waals surface area contributed by atoms with E-state index in [0.717, 1.165) is 141 Å². The van der Waals surface area contributed by atoms with Crippen molar-refractivity contribution >= 4 is 0 Å². The summed E-state index contributed by atoms with van der Waals surface area (Å²) in [6, 6.07) is 17.1. The average Bonchev–Trinajstić information content (AvgIpc) is 3.02. The summed E-state index contributed by atoms with van der Waals surface area (Å²) in [5, 5.41) is 0. The molecule has 2 rings (SSSR count). The Bertz CT molecular complexity index is 773. The van der Waals surface area contributed by atoms with E-state index < -0.39 is 0 Å². The highest BCUT2D eigenvalue weighted by molar-refractivity contribution is 5.28. The second-order valence-corrected chi connectivity index (χ2v) is 11.2. The molecule has 0 heterocycles. The van der Waals surface area contributed by atoms with E-state index >= 15 is 0 Å². The molecule has 2 aromatic rings. The summed E-state index contributed by atoms with van der Waals surface area (Å²) in [7, 11) is 0. The quantitative estimate of drug-likeness (QED) is 0.0955. The van der Waals surface area contributed by atoms with E-state index in [2.05, 4.69) is 48.5 Å². The van der Waals surface area contributed by atoms with Gasteiger partial charge >= 0.3 is 0 Å². The maximum absolute atomic E-state index is 5.94. The van der Waals surface area contributed by atoms with E-state index in [1.54, 1.807) is 0 Å². The van der Waals surface area contributed by atoms with E-state index in [9.17, 15) is 0 Å². The normalized spacial score (nSPS) is 11.2. The number of unbranched alkanes of at least 4 members (excludes halogenated alkanes) is 9. The maximum Gasteiger partial charge on any atom is 0.119 e. The van der Waals surface area contributed by atoms with Crippen LogP contribution in [0, 0.1) is 0 Å². The van der Waals surface area contributed by atoms with Gasteiger partial charge in [0.05, 0.1) is 13.2 Å². The van der Waals surface area contributed by atoms with Gasteiger partial charge in [-0.3, -0.25) is 0 Å². The molecule has 4 N–H and O–H groups in total. The first-order valence-corrected chi connectivity index (χ1v) is 16.8. The molecular weight excluding hydrogens is 524 g/mol. The van der Waals surface area contributed by atoms with Gasteiger partial charge in [-0.2, -0.15) is 0 Å². The molecule has 6 nitrogen and oxygen atoms in total. The summed E-state index contributed by atoms with van der Waals surface area (Å²) in [4.78, 5) is 0. The van der Waals surface area contributed by atoms with Crippen molar-refractivity contribution < 1.29 is 18.9 Å². The maximum atomic E-state index is 5.94. The molecule has 0 aliphatic heterocycles. The number of benzene rings is 2. The van der Waals surface area contributed by atoms with E-state index in [1.807, 2.05) is 0 Å². The predicted octanol–water partition coefficient (Wildman–Crippen LogP) is 7.64. The van der Waals surface area contributed by atoms with Crippen molar-refractivity contribution in [3.8, 4) is 11.5 Å². The first-order valence-electron chi connectivity index (χ1n) is 16.8. The van der Waals surface area contributed by atoms with Crippen molar-refractivity contribution in [2.75, 3.05) is 52.7 Å². The molecule has 42 heavy (non-hydrogen) atoms. The molecule has 0 saturated carbocycles. The number of hydrogen-bond donors (Lipinski definition) is 2. The number of ether oxygens (including phenoxy) is 4. The van der Waals surface area contributed by atoms with Crippen LogP contribution in [-0.4, -0.2) is 52.7 Å². The SMILES string of the molecule is NCCCCCCOCCCc1ccc(OCCCCCCOc2ccc(CCCOCCCCCCN)cc2)cc1. The first-order chi connectivity index (χ1) is 20.8. The Hall–Kier alpha value is -2.12. The van der Waals surface area contributed by atoms with Crippen molar-refractivity contribution in [2.45, 2.75) is 103 Å². The molecule has 0 spiro atoms. The summed E-state index contributed by atoms with van der Waals surface area (Å²) < 4.78 is 23.4. The molecule has 0 aliphatic rings. The molecule has 0 saturated heterocycles. The van der Waals surface area contributed by atoms with Gasteiger partial charge in [0.15, 0.2) is 0 Å². The third-order valence-corrected chi connectivity index (χ3v) is 7.42. The topological polar surface area (TPSA) is 89.0 Å². The van der Waals surface area contributed by atoms with E-state index in [0.29, 0.717) is 0 Å². The van der Waals surface area contributed by atoms with Crippen LogP contribution in [0.1, 0.15) is 101 Å². The monoisotopic (exact) mass is 584 g/mol. The van der Waals surface area contributed by atoms with Crippen molar-refractivity contribution in [3.05, 3.63) is 59.7 Å². The Kier molecular flexibility index (Phi) is 22.8. The van der Waals surface area contributed by atoms with E-state index in [-0.39, 0.29) is 0 Å². The highest BCUT2D eigenvalue weighted by Crippen LogP contribution is 2.16. The highest BCUT2D eigenvalue weighted by atomic mass is 16.5. The fourth-order valence-electron chi connectivity index (χ4n) is 4.81. The van der Waals surface area contributed by atoms with Crippen molar-refractivity contribution in [3.63, 3.8) is 0 Å². The Morgan fingerprint density at radius 2 is 0.690 bits per heavy atom. The lowest BCUT2D eigenvalue weighted by molar-refractivity contribution is 0.127. The lowest BCUT2D eigenvalue weighted by Crippen LogP contribution is -2.01. The van der Waals surface area contributed by atoms with Crippen LogP contribution in [-0.2, 0) is 22.3 Å². The Morgan fingerprint density at radius 1 is 0.357 bits per heavy atom. The molecule has 0 amide bonds. The fourth-order valence-corrected chi connectivity index (χ4v) is 4.81. The number of hydrogen-bond acceptors (Lipinski definition) is 6. The summed E-state index contributed by atoms with van der Waals surface area (Å²) >= 11 is 0. The molecule has 0 aliphatic carbocycles. The molecule has 0 fully saturated rings. The van der Waals surface area contributed by atoms with Crippen LogP contribution in [0.4, 0.5) is 0 Å². The largest absolute Gasteiger partial charge is 0.494 e. The van der Waals surface area contributed by atoms with Crippen LogP contribution in [0.15, 0.2) is 48.5 Å². The van der Waals surface area contributed by atoms with Crippen LogP contribution in [0.25, 0.3) is 0 Å². The molecule has 0 aromatic heterocycles. The summed E-state index contributed by atoms with van der Waals surface area (Å²) in [6.07, 6.45) is 18.1. The van der Waals surface area contributed by atoms with Gasteiger partial charge in [0, 0.05) is 26.4 Å². The molecule has 0 radical (unpaired) electrons. The van der Waals surface area contributed by atoms with Crippen LogP contribution in [0.3, 0.4) is 0 Å². The minimum atomic E-state index is 0.765. The third kappa shape index (κ3) is 19.9. The van der Waals surface area contributed by atoms with Crippen molar-refractivity contribution in [1.82, 2.24) is 0 Å². The molecule has 6 heteroatoms. The number of nitrogens with two attached hydrogens (primary N) is 2. The molecular formula is C36H60N2O4. The zero-order valence-corrected chi connectivity index (χ0v) is 26.4. The standard InChI is InChI=1S/C36H60N2O4/c37-25-7-1-3-9-27-39-29-13-15-33-17-21-35(22-18-33)41-31-11-5-6-12-32-42-36-23-19-34(20-24-36)16-14-30-40-28-10-4-2-8-26-38/h17-24H,1-16,25-32,37-38H2. The lowest BCUT2D eigenvalue weighted by Gasteiger charge is -2.09. The third-order valence-electron chi connectivity index (χ3n) is 7.42. The zero-order valence-electron chi connectivity index (χ0n) is 26.4. The lowest BCUT2D eigenvalue weighted by atomic mass is 10.1. The highest BCUT2D eigenvalue weighted by Gasteiger charge is 2.00. The molecule has 238 valence electrons. The Morgan fingerprint density at radius 3 is 1.07 bits per heavy atom. The summed E-state index contributed by atoms with van der Waals surface area (Å²) in [6.45, 7) is 6.53. The predicted molar refractivity (Wildman–Crippen MR) is 176 cm³/mol. The van der Waals surface area contributed by atoms with Crippen molar-refractivity contribution in [2.24, 2.45) is 11.5 Å². The van der Waals surface area contributed by atoms with Crippen LogP contribution >= 0.6 is 0 Å². The minimum Gasteiger partial charge on any atom is -0.494 e. The minimum absolute atomic E-state index is 0.765. The average molecular weight is 585 g/mol. The second kappa shape index (κ2) is 26.5. The van der Waals surface area contributed by atoms with Crippen molar-refractivity contribution in [1.29, 1.82) is 0 Å². The summed E-state index contributed by atoms with van der Waals surface area (Å²) in [5.41, 5.74) is 13.7. The second-order valence-electron chi connectivity index (χ2n) is 11.2.